The van der Waals surface area contributed by atoms with Gasteiger partial charge in [-0.2, -0.15) is 13.2 Å². The van der Waals surface area contributed by atoms with Gasteiger partial charge in [0.15, 0.2) is 0 Å². The number of hydrogen-bond donors (Lipinski definition) is 1. The molecule has 5 rings (SSSR count). The van der Waals surface area contributed by atoms with E-state index in [9.17, 15) is 22.8 Å². The Labute approximate surface area is 216 Å². The second-order valence-corrected chi connectivity index (χ2v) is 10.6. The van der Waals surface area contributed by atoms with Gasteiger partial charge >= 0.3 is 6.18 Å². The number of nitrogens with zero attached hydrogens (tertiary/aromatic N) is 2. The lowest BCUT2D eigenvalue weighted by Gasteiger charge is -2.41. The zero-order valence-corrected chi connectivity index (χ0v) is 21.0. The second kappa shape index (κ2) is 10.9. The van der Waals surface area contributed by atoms with Gasteiger partial charge in [-0.05, 0) is 87.4 Å². The summed E-state index contributed by atoms with van der Waals surface area (Å²) in [6.07, 6.45) is 1.92. The third-order valence-electron chi connectivity index (χ3n) is 8.29. The van der Waals surface area contributed by atoms with Crippen LogP contribution in [0.25, 0.3) is 0 Å². The number of benzene rings is 2. The van der Waals surface area contributed by atoms with Crippen molar-refractivity contribution in [3.63, 3.8) is 0 Å². The minimum absolute atomic E-state index is 0.0212. The molecule has 8 heteroatoms. The number of likely N-dealkylation sites (tertiary alicyclic amines) is 2. The minimum Gasteiger partial charge on any atom is -0.349 e. The predicted octanol–water partition coefficient (Wildman–Crippen LogP) is 5.22. The van der Waals surface area contributed by atoms with Crippen LogP contribution >= 0.6 is 0 Å². The van der Waals surface area contributed by atoms with Gasteiger partial charge in [0.25, 0.3) is 5.91 Å². The summed E-state index contributed by atoms with van der Waals surface area (Å²) in [7, 11) is 0. The lowest BCUT2D eigenvalue weighted by molar-refractivity contribution is -0.137. The number of rotatable bonds is 4. The van der Waals surface area contributed by atoms with E-state index in [4.69, 9.17) is 0 Å². The molecular weight excluding hydrogens is 479 g/mol. The molecule has 3 aliphatic rings. The van der Waals surface area contributed by atoms with E-state index in [2.05, 4.69) is 28.4 Å². The Balaban J connectivity index is 1.09. The molecule has 37 heavy (non-hydrogen) atoms. The molecule has 2 aromatic carbocycles. The predicted molar refractivity (Wildman–Crippen MR) is 135 cm³/mol. The number of carbonyl (C=O) groups is 2. The van der Waals surface area contributed by atoms with Crippen LogP contribution in [0.2, 0.25) is 0 Å². The van der Waals surface area contributed by atoms with Crippen molar-refractivity contribution in [2.24, 2.45) is 5.92 Å². The summed E-state index contributed by atoms with van der Waals surface area (Å²) in [5.41, 5.74) is 1.88. The van der Waals surface area contributed by atoms with Gasteiger partial charge in [0.05, 0.1) is 11.6 Å². The van der Waals surface area contributed by atoms with Crippen LogP contribution in [0.3, 0.4) is 0 Å². The highest BCUT2D eigenvalue weighted by Crippen LogP contribution is 2.32. The first-order valence-electron chi connectivity index (χ1n) is 13.4. The molecule has 2 heterocycles. The van der Waals surface area contributed by atoms with Gasteiger partial charge in [0.2, 0.25) is 5.91 Å². The SMILES string of the molecule is O=C(N[C@H]1CCCc2ccccc21)C1CCN(C2CCN(C(=O)c3cccc(C(F)(F)F)c3)CC2)CC1. The summed E-state index contributed by atoms with van der Waals surface area (Å²) < 4.78 is 39.1. The number of amides is 2. The molecule has 1 atom stereocenters. The first-order valence-corrected chi connectivity index (χ1v) is 13.4. The van der Waals surface area contributed by atoms with Crippen molar-refractivity contribution in [2.75, 3.05) is 26.2 Å². The molecule has 5 nitrogen and oxygen atoms in total. The quantitative estimate of drug-likeness (QED) is 0.610. The van der Waals surface area contributed by atoms with E-state index in [1.54, 1.807) is 4.90 Å². The summed E-state index contributed by atoms with van der Waals surface area (Å²) in [5, 5.41) is 3.31. The first kappa shape index (κ1) is 25.8. The normalized spacial score (nSPS) is 21.9. The lowest BCUT2D eigenvalue weighted by Crippen LogP contribution is -2.50. The summed E-state index contributed by atoms with van der Waals surface area (Å²) >= 11 is 0. The molecule has 1 N–H and O–H groups in total. The molecule has 2 aliphatic heterocycles. The van der Waals surface area contributed by atoms with Gasteiger partial charge in [-0.25, -0.2) is 0 Å². The topological polar surface area (TPSA) is 52.7 Å². The maximum absolute atomic E-state index is 13.1. The fourth-order valence-corrected chi connectivity index (χ4v) is 6.17. The van der Waals surface area contributed by atoms with E-state index >= 15 is 0 Å². The highest BCUT2D eigenvalue weighted by atomic mass is 19.4. The lowest BCUT2D eigenvalue weighted by atomic mass is 9.86. The third kappa shape index (κ3) is 5.84. The largest absolute Gasteiger partial charge is 0.416 e. The molecule has 2 fully saturated rings. The molecule has 0 spiro atoms. The van der Waals surface area contributed by atoms with Crippen molar-refractivity contribution < 1.29 is 22.8 Å². The Morgan fingerprint density at radius 3 is 2.32 bits per heavy atom. The Kier molecular flexibility index (Phi) is 7.56. The number of alkyl halides is 3. The summed E-state index contributed by atoms with van der Waals surface area (Å²) in [6, 6.07) is 13.5. The van der Waals surface area contributed by atoms with E-state index in [1.165, 1.54) is 23.3 Å². The molecule has 0 bridgehead atoms. The maximum Gasteiger partial charge on any atom is 0.416 e. The monoisotopic (exact) mass is 513 g/mol. The number of piperidine rings is 2. The Morgan fingerprint density at radius 1 is 0.865 bits per heavy atom. The van der Waals surface area contributed by atoms with Crippen molar-refractivity contribution in [3.8, 4) is 0 Å². The second-order valence-electron chi connectivity index (χ2n) is 10.6. The average Bonchev–Trinajstić information content (AvgIpc) is 2.92. The van der Waals surface area contributed by atoms with Gasteiger partial charge in [-0.1, -0.05) is 30.3 Å². The van der Waals surface area contributed by atoms with Gasteiger partial charge in [0.1, 0.15) is 0 Å². The van der Waals surface area contributed by atoms with E-state index < -0.39 is 11.7 Å². The molecule has 1 aliphatic carbocycles. The molecule has 2 aromatic rings. The molecule has 0 radical (unpaired) electrons. The van der Waals surface area contributed by atoms with Crippen molar-refractivity contribution in [2.45, 2.75) is 63.2 Å². The molecule has 2 amide bonds. The van der Waals surface area contributed by atoms with Crippen LogP contribution in [-0.2, 0) is 17.4 Å². The van der Waals surface area contributed by atoms with Crippen LogP contribution in [0.1, 0.15) is 71.6 Å². The fraction of sp³-hybridized carbons (Fsp3) is 0.517. The number of aryl methyl sites for hydroxylation is 1. The fourth-order valence-electron chi connectivity index (χ4n) is 6.17. The Morgan fingerprint density at radius 2 is 1.59 bits per heavy atom. The highest BCUT2D eigenvalue weighted by Gasteiger charge is 2.34. The van der Waals surface area contributed by atoms with Gasteiger partial charge in [-0.3, -0.25) is 9.59 Å². The summed E-state index contributed by atoms with van der Waals surface area (Å²) in [4.78, 5) is 30.0. The van der Waals surface area contributed by atoms with Crippen LogP contribution in [-0.4, -0.2) is 53.8 Å². The van der Waals surface area contributed by atoms with E-state index in [1.807, 2.05) is 6.07 Å². The standard InChI is InChI=1S/C29H34F3N3O2/c30-29(31,32)23-8-3-7-22(19-23)28(37)35-17-13-24(14-18-35)34-15-11-21(12-16-34)27(36)33-26-10-4-6-20-5-1-2-9-25(20)26/h1-3,5,7-9,19,21,24,26H,4,6,10-18H2,(H,33,36)/t26-/m0/s1. The minimum atomic E-state index is -4.47. The number of halogens is 3. The van der Waals surface area contributed by atoms with Crippen LogP contribution in [0.4, 0.5) is 13.2 Å². The highest BCUT2D eigenvalue weighted by molar-refractivity contribution is 5.94. The van der Waals surface area contributed by atoms with Gasteiger partial charge in [-0.15, -0.1) is 0 Å². The molecule has 0 aromatic heterocycles. The van der Waals surface area contributed by atoms with Crippen LogP contribution in [0, 0.1) is 5.92 Å². The van der Waals surface area contributed by atoms with Crippen LogP contribution in [0.5, 0.6) is 0 Å². The molecule has 0 saturated carbocycles. The third-order valence-corrected chi connectivity index (χ3v) is 8.29. The van der Waals surface area contributed by atoms with Gasteiger partial charge < -0.3 is 15.1 Å². The first-order chi connectivity index (χ1) is 17.8. The zero-order valence-electron chi connectivity index (χ0n) is 21.0. The van der Waals surface area contributed by atoms with Crippen molar-refractivity contribution in [3.05, 3.63) is 70.8 Å². The number of hydrogen-bond acceptors (Lipinski definition) is 3. The van der Waals surface area contributed by atoms with E-state index in [-0.39, 0.29) is 29.3 Å². The maximum atomic E-state index is 13.1. The summed E-state index contributed by atoms with van der Waals surface area (Å²) in [5.74, 6) is -0.167. The average molecular weight is 514 g/mol. The van der Waals surface area contributed by atoms with Crippen molar-refractivity contribution in [1.82, 2.24) is 15.1 Å². The Bertz CT molecular complexity index is 1120. The van der Waals surface area contributed by atoms with Crippen molar-refractivity contribution in [1.29, 1.82) is 0 Å². The van der Waals surface area contributed by atoms with E-state index in [0.29, 0.717) is 19.1 Å². The summed E-state index contributed by atoms with van der Waals surface area (Å²) in [6.45, 7) is 2.76. The number of carbonyl (C=O) groups excluding carboxylic acids is 2. The van der Waals surface area contributed by atoms with Crippen LogP contribution < -0.4 is 5.32 Å². The zero-order chi connectivity index (χ0) is 26.0. The van der Waals surface area contributed by atoms with Crippen LogP contribution in [0.15, 0.2) is 48.5 Å². The number of nitrogens with one attached hydrogen (secondary N) is 1. The molecular formula is C29H34F3N3O2. The van der Waals surface area contributed by atoms with Gasteiger partial charge in [0, 0.05) is 30.6 Å². The molecule has 198 valence electrons. The van der Waals surface area contributed by atoms with Crippen molar-refractivity contribution >= 4 is 11.8 Å². The molecule has 2 saturated heterocycles. The Hall–Kier alpha value is -2.87. The number of fused-ring (bicyclic) bond motifs is 1. The molecule has 0 unspecified atom stereocenters. The smallest absolute Gasteiger partial charge is 0.349 e. The van der Waals surface area contributed by atoms with E-state index in [0.717, 1.165) is 70.2 Å².